The predicted molar refractivity (Wildman–Crippen MR) is 94.7 cm³/mol. The third kappa shape index (κ3) is 3.26. The Morgan fingerprint density at radius 1 is 1.32 bits per heavy atom. The average Bonchev–Trinajstić information content (AvgIpc) is 3.32. The van der Waals surface area contributed by atoms with Crippen molar-refractivity contribution in [2.45, 2.75) is 25.4 Å². The zero-order valence-corrected chi connectivity index (χ0v) is 14.6. The molecule has 2 aromatic rings. The molecule has 1 fully saturated rings. The van der Waals surface area contributed by atoms with Crippen LogP contribution in [0.4, 0.5) is 0 Å². The molecule has 0 N–H and O–H groups in total. The van der Waals surface area contributed by atoms with Crippen LogP contribution in [-0.4, -0.2) is 58.5 Å². The summed E-state index contributed by atoms with van der Waals surface area (Å²) in [5.74, 6) is 0.763. The van der Waals surface area contributed by atoms with Gasteiger partial charge in [0.05, 0.1) is 31.7 Å². The second kappa shape index (κ2) is 6.88. The standard InChI is InChI=1S/C19H24N4O2/c1-25-18-6-4-5-15(9-18)19(24)22-12-16-10-20-14-23(16)17(13-22)11-21-7-2-3-8-21/h4-6,9-10,14,17H,2-3,7-8,11-13H2,1H3. The van der Waals surface area contributed by atoms with Gasteiger partial charge in [-0.3, -0.25) is 4.79 Å². The van der Waals surface area contributed by atoms with E-state index in [0.717, 1.165) is 31.9 Å². The number of fused-ring (bicyclic) bond motifs is 1. The van der Waals surface area contributed by atoms with Gasteiger partial charge in [-0.05, 0) is 44.1 Å². The van der Waals surface area contributed by atoms with Crippen LogP contribution in [0.15, 0.2) is 36.8 Å². The van der Waals surface area contributed by atoms with E-state index in [-0.39, 0.29) is 11.9 Å². The highest BCUT2D eigenvalue weighted by atomic mass is 16.5. The fourth-order valence-corrected chi connectivity index (χ4v) is 3.89. The quantitative estimate of drug-likeness (QED) is 0.856. The van der Waals surface area contributed by atoms with Gasteiger partial charge in [0.1, 0.15) is 5.75 Å². The van der Waals surface area contributed by atoms with E-state index < -0.39 is 0 Å². The number of benzene rings is 1. The summed E-state index contributed by atoms with van der Waals surface area (Å²) in [6, 6.07) is 7.65. The maximum atomic E-state index is 13.0. The van der Waals surface area contributed by atoms with E-state index in [1.165, 1.54) is 12.8 Å². The van der Waals surface area contributed by atoms with Gasteiger partial charge in [0, 0.05) is 24.8 Å². The number of amides is 1. The number of hydrogen-bond acceptors (Lipinski definition) is 4. The SMILES string of the molecule is COc1cccc(C(=O)N2Cc3cncn3C(CN3CCCC3)C2)c1. The van der Waals surface area contributed by atoms with Gasteiger partial charge in [-0.2, -0.15) is 0 Å². The number of likely N-dealkylation sites (tertiary alicyclic amines) is 1. The van der Waals surface area contributed by atoms with Gasteiger partial charge in [-0.25, -0.2) is 4.98 Å². The highest BCUT2D eigenvalue weighted by Gasteiger charge is 2.30. The summed E-state index contributed by atoms with van der Waals surface area (Å²) >= 11 is 0. The van der Waals surface area contributed by atoms with Crippen molar-refractivity contribution in [2.75, 3.05) is 33.3 Å². The third-order valence-corrected chi connectivity index (χ3v) is 5.20. The van der Waals surface area contributed by atoms with Gasteiger partial charge in [0.15, 0.2) is 0 Å². The molecule has 1 unspecified atom stereocenters. The van der Waals surface area contributed by atoms with Crippen LogP contribution in [0.2, 0.25) is 0 Å². The molecule has 1 aromatic heterocycles. The Hall–Kier alpha value is -2.34. The molecular formula is C19H24N4O2. The fraction of sp³-hybridized carbons (Fsp3) is 0.474. The van der Waals surface area contributed by atoms with Gasteiger partial charge < -0.3 is 19.1 Å². The number of methoxy groups -OCH3 is 1. The van der Waals surface area contributed by atoms with Crippen molar-refractivity contribution in [3.63, 3.8) is 0 Å². The van der Waals surface area contributed by atoms with E-state index in [4.69, 9.17) is 4.74 Å². The summed E-state index contributed by atoms with van der Waals surface area (Å²) in [6.45, 7) is 4.61. The Balaban J connectivity index is 1.55. The lowest BCUT2D eigenvalue weighted by molar-refractivity contribution is 0.0658. The molecule has 3 heterocycles. The Bertz CT molecular complexity index is 751. The summed E-state index contributed by atoms with van der Waals surface area (Å²) in [5.41, 5.74) is 1.78. The number of carbonyl (C=O) groups excluding carboxylic acids is 1. The smallest absolute Gasteiger partial charge is 0.254 e. The molecule has 4 rings (SSSR count). The monoisotopic (exact) mass is 340 g/mol. The van der Waals surface area contributed by atoms with Crippen LogP contribution in [-0.2, 0) is 6.54 Å². The Morgan fingerprint density at radius 2 is 2.16 bits per heavy atom. The van der Waals surface area contributed by atoms with Crippen LogP contribution in [0.25, 0.3) is 0 Å². The predicted octanol–water partition coefficient (Wildman–Crippen LogP) is 2.18. The van der Waals surface area contributed by atoms with Crippen molar-refractivity contribution >= 4 is 5.91 Å². The van der Waals surface area contributed by atoms with Crippen LogP contribution in [0.5, 0.6) is 5.75 Å². The van der Waals surface area contributed by atoms with Crippen molar-refractivity contribution in [1.82, 2.24) is 19.4 Å². The minimum atomic E-state index is 0.0535. The number of aromatic nitrogens is 2. The maximum absolute atomic E-state index is 13.0. The van der Waals surface area contributed by atoms with Crippen molar-refractivity contribution in [3.8, 4) is 5.75 Å². The van der Waals surface area contributed by atoms with Gasteiger partial charge in [-0.15, -0.1) is 0 Å². The van der Waals surface area contributed by atoms with Crippen molar-refractivity contribution in [3.05, 3.63) is 48.0 Å². The van der Waals surface area contributed by atoms with Crippen LogP contribution in [0.1, 0.15) is 34.9 Å². The first-order chi connectivity index (χ1) is 12.2. The van der Waals surface area contributed by atoms with Crippen molar-refractivity contribution in [1.29, 1.82) is 0 Å². The molecule has 6 heteroatoms. The molecule has 1 atom stereocenters. The van der Waals surface area contributed by atoms with Crippen molar-refractivity contribution in [2.24, 2.45) is 0 Å². The summed E-state index contributed by atoms with van der Waals surface area (Å²) in [6.07, 6.45) is 6.33. The van der Waals surface area contributed by atoms with E-state index in [9.17, 15) is 4.79 Å². The Kier molecular flexibility index (Phi) is 4.44. The molecule has 132 valence electrons. The minimum absolute atomic E-state index is 0.0535. The van der Waals surface area contributed by atoms with Crippen LogP contribution < -0.4 is 4.74 Å². The molecule has 0 spiro atoms. The first-order valence-corrected chi connectivity index (χ1v) is 8.91. The first kappa shape index (κ1) is 16.1. The molecule has 1 aromatic carbocycles. The molecule has 0 bridgehead atoms. The van der Waals surface area contributed by atoms with E-state index in [1.807, 2.05) is 41.7 Å². The molecule has 25 heavy (non-hydrogen) atoms. The number of nitrogens with zero attached hydrogens (tertiary/aromatic N) is 4. The molecule has 6 nitrogen and oxygen atoms in total. The lowest BCUT2D eigenvalue weighted by Gasteiger charge is -2.36. The highest BCUT2D eigenvalue weighted by Crippen LogP contribution is 2.25. The van der Waals surface area contributed by atoms with Gasteiger partial charge in [0.25, 0.3) is 5.91 Å². The van der Waals surface area contributed by atoms with E-state index in [2.05, 4.69) is 14.5 Å². The number of carbonyl (C=O) groups is 1. The molecule has 2 aliphatic rings. The zero-order chi connectivity index (χ0) is 17.2. The normalized spacial score (nSPS) is 20.5. The maximum Gasteiger partial charge on any atom is 0.254 e. The topological polar surface area (TPSA) is 50.6 Å². The van der Waals surface area contributed by atoms with Gasteiger partial charge in [-0.1, -0.05) is 6.07 Å². The van der Waals surface area contributed by atoms with Gasteiger partial charge >= 0.3 is 0 Å². The second-order valence-electron chi connectivity index (χ2n) is 6.87. The summed E-state index contributed by atoms with van der Waals surface area (Å²) in [5, 5.41) is 0. The summed E-state index contributed by atoms with van der Waals surface area (Å²) in [4.78, 5) is 21.7. The molecular weight excluding hydrogens is 316 g/mol. The van der Waals surface area contributed by atoms with Gasteiger partial charge in [0.2, 0.25) is 0 Å². The highest BCUT2D eigenvalue weighted by molar-refractivity contribution is 5.94. The van der Waals surface area contributed by atoms with Crippen LogP contribution >= 0.6 is 0 Å². The molecule has 2 aliphatic heterocycles. The second-order valence-corrected chi connectivity index (χ2v) is 6.87. The minimum Gasteiger partial charge on any atom is -0.497 e. The van der Waals surface area contributed by atoms with Crippen LogP contribution in [0.3, 0.4) is 0 Å². The average molecular weight is 340 g/mol. The number of hydrogen-bond donors (Lipinski definition) is 0. The van der Waals surface area contributed by atoms with E-state index >= 15 is 0 Å². The zero-order valence-electron chi connectivity index (χ0n) is 14.6. The van der Waals surface area contributed by atoms with Crippen molar-refractivity contribution < 1.29 is 9.53 Å². The Morgan fingerprint density at radius 3 is 2.96 bits per heavy atom. The number of rotatable bonds is 4. The largest absolute Gasteiger partial charge is 0.497 e. The molecule has 1 amide bonds. The summed E-state index contributed by atoms with van der Waals surface area (Å²) < 4.78 is 7.50. The van der Waals surface area contributed by atoms with E-state index in [1.54, 1.807) is 7.11 Å². The lowest BCUT2D eigenvalue weighted by atomic mass is 10.1. The van der Waals surface area contributed by atoms with Crippen LogP contribution in [0, 0.1) is 0 Å². The molecule has 0 saturated carbocycles. The third-order valence-electron chi connectivity index (χ3n) is 5.20. The number of imidazole rings is 1. The molecule has 0 radical (unpaired) electrons. The number of ether oxygens (including phenoxy) is 1. The van der Waals surface area contributed by atoms with E-state index in [0.29, 0.717) is 17.9 Å². The fourth-order valence-electron chi connectivity index (χ4n) is 3.89. The Labute approximate surface area is 148 Å². The molecule has 0 aliphatic carbocycles. The first-order valence-electron chi connectivity index (χ1n) is 8.91. The summed E-state index contributed by atoms with van der Waals surface area (Å²) in [7, 11) is 1.62. The lowest BCUT2D eigenvalue weighted by Crippen LogP contribution is -2.44. The molecule has 1 saturated heterocycles.